The fourth-order valence-electron chi connectivity index (χ4n) is 3.50. The number of benzene rings is 1. The Morgan fingerprint density at radius 2 is 2.17 bits per heavy atom. The third-order valence-electron chi connectivity index (χ3n) is 4.80. The summed E-state index contributed by atoms with van der Waals surface area (Å²) in [6.07, 6.45) is 5.70. The number of nitrogens with one attached hydrogen (secondary N) is 2. The van der Waals surface area contributed by atoms with Crippen LogP contribution in [0.4, 0.5) is 4.39 Å². The molecule has 0 saturated carbocycles. The molecule has 124 valence electrons. The van der Waals surface area contributed by atoms with E-state index in [2.05, 4.69) is 10.3 Å². The van der Waals surface area contributed by atoms with Crippen molar-refractivity contribution in [3.05, 3.63) is 41.9 Å². The van der Waals surface area contributed by atoms with Gasteiger partial charge in [0.1, 0.15) is 11.9 Å². The molecule has 1 fully saturated rings. The van der Waals surface area contributed by atoms with E-state index >= 15 is 0 Å². The second-order valence-corrected chi connectivity index (χ2v) is 6.31. The molecule has 5 nitrogen and oxygen atoms in total. The van der Waals surface area contributed by atoms with Gasteiger partial charge in [0.15, 0.2) is 0 Å². The summed E-state index contributed by atoms with van der Waals surface area (Å²) in [7, 11) is 0. The highest BCUT2D eigenvalue weighted by atomic mass is 19.1. The molecule has 1 atom stereocenters. The van der Waals surface area contributed by atoms with Gasteiger partial charge in [-0.05, 0) is 36.6 Å². The van der Waals surface area contributed by atoms with Gasteiger partial charge in [-0.2, -0.15) is 0 Å². The molecule has 2 aromatic rings. The van der Waals surface area contributed by atoms with Crippen molar-refractivity contribution < 1.29 is 14.0 Å². The molecule has 0 unspecified atom stereocenters. The van der Waals surface area contributed by atoms with Crippen LogP contribution in [0.5, 0.6) is 0 Å². The Hall–Kier alpha value is -2.63. The molecule has 24 heavy (non-hydrogen) atoms. The van der Waals surface area contributed by atoms with Crippen LogP contribution in [0.25, 0.3) is 16.5 Å². The number of rotatable bonds is 2. The summed E-state index contributed by atoms with van der Waals surface area (Å²) in [6, 6.07) is 4.36. The molecule has 3 heterocycles. The Morgan fingerprint density at radius 1 is 1.29 bits per heavy atom. The van der Waals surface area contributed by atoms with Gasteiger partial charge in [0, 0.05) is 42.2 Å². The number of carbonyl (C=O) groups excluding carboxylic acids is 2. The maximum atomic E-state index is 13.3. The topological polar surface area (TPSA) is 65.2 Å². The highest BCUT2D eigenvalue weighted by Crippen LogP contribution is 2.30. The summed E-state index contributed by atoms with van der Waals surface area (Å²) in [5.41, 5.74) is 3.00. The number of amides is 2. The molecule has 2 aliphatic heterocycles. The van der Waals surface area contributed by atoms with Crippen molar-refractivity contribution in [3.63, 3.8) is 0 Å². The lowest BCUT2D eigenvalue weighted by molar-refractivity contribution is -0.134. The van der Waals surface area contributed by atoms with E-state index in [4.69, 9.17) is 0 Å². The van der Waals surface area contributed by atoms with E-state index in [1.54, 1.807) is 11.0 Å². The van der Waals surface area contributed by atoms with Gasteiger partial charge >= 0.3 is 0 Å². The van der Waals surface area contributed by atoms with Crippen molar-refractivity contribution in [3.8, 4) is 0 Å². The minimum atomic E-state index is -0.372. The van der Waals surface area contributed by atoms with Crippen molar-refractivity contribution in [2.75, 3.05) is 13.1 Å². The molecule has 0 bridgehead atoms. The zero-order valence-electron chi connectivity index (χ0n) is 13.1. The average Bonchev–Trinajstić information content (AvgIpc) is 3.20. The molecule has 4 rings (SSSR count). The average molecular weight is 327 g/mol. The highest BCUT2D eigenvalue weighted by molar-refractivity contribution is 5.94. The maximum Gasteiger partial charge on any atom is 0.245 e. The molecule has 0 spiro atoms. The van der Waals surface area contributed by atoms with Crippen molar-refractivity contribution in [1.29, 1.82) is 0 Å². The van der Waals surface area contributed by atoms with Crippen LogP contribution in [-0.2, 0) is 9.59 Å². The number of nitrogens with zero attached hydrogens (tertiary/aromatic N) is 1. The quantitative estimate of drug-likeness (QED) is 0.888. The van der Waals surface area contributed by atoms with Crippen LogP contribution in [0.2, 0.25) is 0 Å². The Labute approximate surface area is 138 Å². The number of carbonyl (C=O) groups is 2. The van der Waals surface area contributed by atoms with Crippen molar-refractivity contribution in [2.45, 2.75) is 25.3 Å². The Kier molecular flexibility index (Phi) is 3.59. The number of fused-ring (bicyclic) bond motifs is 1. The smallest absolute Gasteiger partial charge is 0.245 e. The van der Waals surface area contributed by atoms with Crippen molar-refractivity contribution in [1.82, 2.24) is 15.2 Å². The van der Waals surface area contributed by atoms with Gasteiger partial charge in [0.05, 0.1) is 0 Å². The van der Waals surface area contributed by atoms with Gasteiger partial charge in [-0.1, -0.05) is 6.08 Å². The van der Waals surface area contributed by atoms with Crippen molar-refractivity contribution >= 4 is 28.3 Å². The van der Waals surface area contributed by atoms with Gasteiger partial charge in [0.25, 0.3) is 0 Å². The number of aromatic amines is 1. The first-order chi connectivity index (χ1) is 11.6. The van der Waals surface area contributed by atoms with Gasteiger partial charge in [-0.15, -0.1) is 0 Å². The zero-order chi connectivity index (χ0) is 16.7. The van der Waals surface area contributed by atoms with Crippen LogP contribution in [0.15, 0.2) is 30.5 Å². The first kappa shape index (κ1) is 14.9. The van der Waals surface area contributed by atoms with E-state index < -0.39 is 0 Å². The third kappa shape index (κ3) is 2.58. The van der Waals surface area contributed by atoms with E-state index in [1.165, 1.54) is 12.1 Å². The summed E-state index contributed by atoms with van der Waals surface area (Å²) >= 11 is 0. The minimum Gasteiger partial charge on any atom is -0.360 e. The van der Waals surface area contributed by atoms with E-state index in [9.17, 15) is 14.0 Å². The largest absolute Gasteiger partial charge is 0.360 e. The van der Waals surface area contributed by atoms with E-state index in [0.29, 0.717) is 25.9 Å². The van der Waals surface area contributed by atoms with Gasteiger partial charge in [0.2, 0.25) is 11.8 Å². The standard InChI is InChI=1S/C18H18FN3O2/c19-12-1-2-13-14(10-20-16(13)9-12)11-5-7-22(8-6-11)18(24)15-3-4-17(23)21-15/h1-2,5,9-10,15,20H,3-4,6-8H2,(H,21,23)/t15-/m0/s1. The van der Waals surface area contributed by atoms with Crippen LogP contribution in [-0.4, -0.2) is 40.8 Å². The summed E-state index contributed by atoms with van der Waals surface area (Å²) < 4.78 is 13.3. The summed E-state index contributed by atoms with van der Waals surface area (Å²) in [4.78, 5) is 28.6. The van der Waals surface area contributed by atoms with Crippen molar-refractivity contribution in [2.24, 2.45) is 0 Å². The van der Waals surface area contributed by atoms with Crippen LogP contribution in [0.1, 0.15) is 24.8 Å². The summed E-state index contributed by atoms with van der Waals surface area (Å²) in [5, 5.41) is 3.72. The van der Waals surface area contributed by atoms with Gasteiger partial charge < -0.3 is 15.2 Å². The molecule has 1 aromatic carbocycles. The molecule has 1 aromatic heterocycles. The lowest BCUT2D eigenvalue weighted by Gasteiger charge is -2.28. The number of hydrogen-bond donors (Lipinski definition) is 2. The third-order valence-corrected chi connectivity index (χ3v) is 4.80. The molecular weight excluding hydrogens is 309 g/mol. The van der Waals surface area contributed by atoms with E-state index in [0.717, 1.165) is 28.5 Å². The first-order valence-corrected chi connectivity index (χ1v) is 8.16. The van der Waals surface area contributed by atoms with Gasteiger partial charge in [-0.25, -0.2) is 4.39 Å². The second kappa shape index (κ2) is 5.78. The molecule has 2 aliphatic rings. The first-order valence-electron chi connectivity index (χ1n) is 8.16. The monoisotopic (exact) mass is 327 g/mol. The Bertz CT molecular complexity index is 855. The molecule has 0 aliphatic carbocycles. The number of hydrogen-bond acceptors (Lipinski definition) is 2. The van der Waals surface area contributed by atoms with Crippen LogP contribution in [0.3, 0.4) is 0 Å². The molecule has 2 N–H and O–H groups in total. The minimum absolute atomic E-state index is 0.00264. The predicted octanol–water partition coefficient (Wildman–Crippen LogP) is 2.20. The Morgan fingerprint density at radius 3 is 2.88 bits per heavy atom. The van der Waals surface area contributed by atoms with E-state index in [1.807, 2.05) is 12.3 Å². The summed E-state index contributed by atoms with van der Waals surface area (Å²) in [6.45, 7) is 1.17. The summed E-state index contributed by atoms with van der Waals surface area (Å²) in [5.74, 6) is -0.311. The fraction of sp³-hybridized carbons (Fsp3) is 0.333. The highest BCUT2D eigenvalue weighted by Gasteiger charge is 2.31. The van der Waals surface area contributed by atoms with Crippen LogP contribution in [0, 0.1) is 5.82 Å². The lowest BCUT2D eigenvalue weighted by atomic mass is 9.98. The normalized spacial score (nSPS) is 21.0. The molecule has 0 radical (unpaired) electrons. The molecular formula is C18H18FN3O2. The molecule has 2 amide bonds. The maximum absolute atomic E-state index is 13.3. The second-order valence-electron chi connectivity index (χ2n) is 6.31. The van der Waals surface area contributed by atoms with Gasteiger partial charge in [-0.3, -0.25) is 9.59 Å². The molecule has 6 heteroatoms. The van der Waals surface area contributed by atoms with Crippen LogP contribution >= 0.6 is 0 Å². The fourth-order valence-corrected chi connectivity index (χ4v) is 3.50. The predicted molar refractivity (Wildman–Crippen MR) is 88.6 cm³/mol. The number of halogens is 1. The zero-order valence-corrected chi connectivity index (χ0v) is 13.1. The SMILES string of the molecule is O=C1CC[C@@H](C(=O)N2CC=C(c3c[nH]c4cc(F)ccc34)CC2)N1. The Balaban J connectivity index is 1.51. The number of H-pyrrole nitrogens is 1. The number of aromatic nitrogens is 1. The van der Waals surface area contributed by atoms with E-state index in [-0.39, 0.29) is 23.7 Å². The van der Waals surface area contributed by atoms with Crippen LogP contribution < -0.4 is 5.32 Å². The molecule has 1 saturated heterocycles. The lowest BCUT2D eigenvalue weighted by Crippen LogP contribution is -2.45.